The molecule has 2 fully saturated rings. The normalized spacial score (nSPS) is 22.1. The maximum atomic E-state index is 14.3. The minimum Gasteiger partial charge on any atom is -0.353 e. The highest BCUT2D eigenvalue weighted by Crippen LogP contribution is 2.35. The van der Waals surface area contributed by atoms with Crippen LogP contribution in [0.5, 0.6) is 0 Å². The minimum atomic E-state index is -0.614. The number of nitrogens with zero attached hydrogens (tertiary/aromatic N) is 3. The van der Waals surface area contributed by atoms with Crippen LogP contribution in [0.25, 0.3) is 0 Å². The number of carbonyl (C=O) groups excluding carboxylic acids is 1. The predicted octanol–water partition coefficient (Wildman–Crippen LogP) is 2.10. The summed E-state index contributed by atoms with van der Waals surface area (Å²) in [6.07, 6.45) is 4.69. The molecule has 1 aliphatic heterocycles. The van der Waals surface area contributed by atoms with E-state index in [0.717, 1.165) is 39.0 Å². The van der Waals surface area contributed by atoms with Gasteiger partial charge in [-0.05, 0) is 40.1 Å². The van der Waals surface area contributed by atoms with Crippen molar-refractivity contribution in [3.8, 4) is 0 Å². The van der Waals surface area contributed by atoms with Crippen LogP contribution in [0.1, 0.15) is 37.3 Å². The Morgan fingerprint density at radius 2 is 1.81 bits per heavy atom. The van der Waals surface area contributed by atoms with Gasteiger partial charge >= 0.3 is 0 Å². The first-order chi connectivity index (χ1) is 12.9. The maximum absolute atomic E-state index is 14.3. The van der Waals surface area contributed by atoms with Crippen LogP contribution in [0, 0.1) is 5.82 Å². The fourth-order valence-corrected chi connectivity index (χ4v) is 4.62. The highest BCUT2D eigenvalue weighted by molar-refractivity contribution is 5.83. The second kappa shape index (κ2) is 8.67. The monoisotopic (exact) mass is 376 g/mol. The Kier molecular flexibility index (Phi) is 6.50. The number of likely N-dealkylation sites (N-methyl/N-ethyl adjacent to an activating group) is 2. The molecule has 27 heavy (non-hydrogen) atoms. The van der Waals surface area contributed by atoms with Crippen LogP contribution < -0.4 is 5.32 Å². The molecule has 0 radical (unpaired) electrons. The Morgan fingerprint density at radius 3 is 2.41 bits per heavy atom. The Hall–Kier alpha value is -1.50. The summed E-state index contributed by atoms with van der Waals surface area (Å²) < 4.78 is 14.3. The number of halogens is 1. The van der Waals surface area contributed by atoms with Gasteiger partial charge in [0.2, 0.25) is 5.91 Å². The van der Waals surface area contributed by atoms with Crippen LogP contribution in [0.2, 0.25) is 0 Å². The first-order valence-corrected chi connectivity index (χ1v) is 10.1. The summed E-state index contributed by atoms with van der Waals surface area (Å²) in [4.78, 5) is 19.7. The van der Waals surface area contributed by atoms with Crippen LogP contribution in [0.3, 0.4) is 0 Å². The molecular weight excluding hydrogens is 343 g/mol. The van der Waals surface area contributed by atoms with Gasteiger partial charge in [0.1, 0.15) is 11.9 Å². The largest absolute Gasteiger partial charge is 0.353 e. The summed E-state index contributed by atoms with van der Waals surface area (Å²) in [7, 11) is 5.81. The molecule has 2 aliphatic rings. The lowest BCUT2D eigenvalue weighted by molar-refractivity contribution is -0.126. The van der Waals surface area contributed by atoms with Gasteiger partial charge in [-0.1, -0.05) is 31.0 Å². The number of hydrogen-bond acceptors (Lipinski definition) is 4. The summed E-state index contributed by atoms with van der Waals surface area (Å²) >= 11 is 0. The van der Waals surface area contributed by atoms with Gasteiger partial charge in [-0.25, -0.2) is 4.39 Å². The minimum absolute atomic E-state index is 0.0585. The molecule has 3 rings (SSSR count). The Balaban J connectivity index is 1.70. The smallest absolute Gasteiger partial charge is 0.242 e. The average Bonchev–Trinajstić information content (AvgIpc) is 3.12. The van der Waals surface area contributed by atoms with E-state index in [4.69, 9.17) is 0 Å². The van der Waals surface area contributed by atoms with Gasteiger partial charge < -0.3 is 10.2 Å². The molecule has 1 amide bonds. The van der Waals surface area contributed by atoms with E-state index < -0.39 is 6.04 Å². The molecular formula is C21H33FN4O. The number of rotatable bonds is 6. The fourth-order valence-electron chi connectivity index (χ4n) is 4.62. The fraction of sp³-hybridized carbons (Fsp3) is 0.667. The van der Waals surface area contributed by atoms with Gasteiger partial charge in [0, 0.05) is 43.8 Å². The third-order valence-electron chi connectivity index (χ3n) is 6.26. The van der Waals surface area contributed by atoms with Crippen molar-refractivity contribution in [3.63, 3.8) is 0 Å². The second-order valence-corrected chi connectivity index (χ2v) is 8.33. The van der Waals surface area contributed by atoms with Crippen LogP contribution >= 0.6 is 0 Å². The van der Waals surface area contributed by atoms with Crippen molar-refractivity contribution in [2.24, 2.45) is 0 Å². The summed E-state index contributed by atoms with van der Waals surface area (Å²) in [5.41, 5.74) is 0.489. The molecule has 1 saturated heterocycles. The van der Waals surface area contributed by atoms with E-state index in [1.807, 2.05) is 14.1 Å². The molecule has 1 aliphatic carbocycles. The van der Waals surface area contributed by atoms with E-state index in [2.05, 4.69) is 22.2 Å². The van der Waals surface area contributed by atoms with E-state index in [0.29, 0.717) is 12.1 Å². The first kappa shape index (κ1) is 20.2. The van der Waals surface area contributed by atoms with E-state index in [9.17, 15) is 9.18 Å². The maximum Gasteiger partial charge on any atom is 0.242 e. The summed E-state index contributed by atoms with van der Waals surface area (Å²) in [6, 6.07) is 5.94. The molecule has 5 nitrogen and oxygen atoms in total. The van der Waals surface area contributed by atoms with Gasteiger partial charge in [-0.2, -0.15) is 0 Å². The lowest BCUT2D eigenvalue weighted by atomic mass is 9.93. The Labute approximate surface area is 162 Å². The van der Waals surface area contributed by atoms with E-state index >= 15 is 0 Å². The summed E-state index contributed by atoms with van der Waals surface area (Å²) in [6.45, 7) is 4.90. The number of hydrogen-bond donors (Lipinski definition) is 1. The Bertz CT molecular complexity index is 637. The van der Waals surface area contributed by atoms with Crippen LogP contribution in [0.15, 0.2) is 24.3 Å². The molecule has 1 saturated carbocycles. The van der Waals surface area contributed by atoms with Crippen LogP contribution in [-0.4, -0.2) is 80.0 Å². The highest BCUT2D eigenvalue weighted by Gasteiger charge is 2.41. The molecule has 1 N–H and O–H groups in total. The standard InChI is InChI=1S/C21H33FN4O/c1-24(2)19(17-8-4-5-9-18(17)22)20(27)23-16-21(10-6-7-11-21)26-14-12-25(3)13-15-26/h4-5,8-9,19H,6-7,10-16H2,1-3H3,(H,23,27)/t19-/m0/s1. The molecule has 150 valence electrons. The first-order valence-electron chi connectivity index (χ1n) is 10.1. The van der Waals surface area contributed by atoms with Gasteiger partial charge in [0.15, 0.2) is 0 Å². The van der Waals surface area contributed by atoms with Gasteiger partial charge in [0.05, 0.1) is 0 Å². The van der Waals surface area contributed by atoms with Crippen LogP contribution in [0.4, 0.5) is 4.39 Å². The predicted molar refractivity (Wildman–Crippen MR) is 106 cm³/mol. The van der Waals surface area contributed by atoms with Crippen molar-refractivity contribution in [2.75, 3.05) is 53.9 Å². The number of benzene rings is 1. The van der Waals surface area contributed by atoms with Gasteiger partial charge in [-0.3, -0.25) is 14.6 Å². The summed E-state index contributed by atoms with van der Waals surface area (Å²) in [5.74, 6) is -0.452. The topological polar surface area (TPSA) is 38.8 Å². The molecule has 1 heterocycles. The molecule has 0 bridgehead atoms. The third kappa shape index (κ3) is 4.50. The van der Waals surface area contributed by atoms with Gasteiger partial charge in [0.25, 0.3) is 0 Å². The van der Waals surface area contributed by atoms with E-state index in [1.54, 1.807) is 23.1 Å². The van der Waals surface area contributed by atoms with Crippen molar-refractivity contribution in [1.82, 2.24) is 20.0 Å². The second-order valence-electron chi connectivity index (χ2n) is 8.33. The van der Waals surface area contributed by atoms with Crippen LogP contribution in [-0.2, 0) is 4.79 Å². The molecule has 1 aromatic rings. The quantitative estimate of drug-likeness (QED) is 0.825. The molecule has 6 heteroatoms. The van der Waals surface area contributed by atoms with Crippen molar-refractivity contribution in [3.05, 3.63) is 35.6 Å². The molecule has 0 aromatic heterocycles. The lowest BCUT2D eigenvalue weighted by Gasteiger charge is -2.45. The number of nitrogens with one attached hydrogen (secondary N) is 1. The molecule has 1 atom stereocenters. The summed E-state index contributed by atoms with van der Waals surface area (Å²) in [5, 5.41) is 3.18. The number of carbonyl (C=O) groups is 1. The zero-order chi connectivity index (χ0) is 19.4. The average molecular weight is 377 g/mol. The lowest BCUT2D eigenvalue weighted by Crippen LogP contribution is -2.60. The van der Waals surface area contributed by atoms with Crippen molar-refractivity contribution < 1.29 is 9.18 Å². The van der Waals surface area contributed by atoms with Crippen molar-refractivity contribution in [1.29, 1.82) is 0 Å². The SMILES string of the molecule is CN1CCN(C2(CNC(=O)[C@H](c3ccccc3F)N(C)C)CCCC2)CC1. The number of amides is 1. The van der Waals surface area contributed by atoms with E-state index in [-0.39, 0.29) is 17.3 Å². The zero-order valence-corrected chi connectivity index (χ0v) is 16.9. The molecule has 1 aromatic carbocycles. The third-order valence-corrected chi connectivity index (χ3v) is 6.26. The van der Waals surface area contributed by atoms with E-state index in [1.165, 1.54) is 18.9 Å². The number of piperazine rings is 1. The van der Waals surface area contributed by atoms with Crippen molar-refractivity contribution >= 4 is 5.91 Å². The molecule has 0 unspecified atom stereocenters. The Morgan fingerprint density at radius 1 is 1.19 bits per heavy atom. The van der Waals surface area contributed by atoms with Gasteiger partial charge in [-0.15, -0.1) is 0 Å². The molecule has 0 spiro atoms. The zero-order valence-electron chi connectivity index (χ0n) is 16.9. The van der Waals surface area contributed by atoms with Crippen molar-refractivity contribution in [2.45, 2.75) is 37.3 Å². The highest BCUT2D eigenvalue weighted by atomic mass is 19.1.